The minimum atomic E-state index is -1.39. The number of nitrogens with zero attached hydrogens (tertiary/aromatic N) is 1. The van der Waals surface area contributed by atoms with Crippen LogP contribution >= 0.6 is 11.6 Å². The molecule has 2 fully saturated rings. The number of ether oxygens (including phenoxy) is 1. The maximum Gasteiger partial charge on any atom is 0.307 e. The molecule has 2 saturated carbocycles. The van der Waals surface area contributed by atoms with Gasteiger partial charge in [-0.3, -0.25) is 9.59 Å². The smallest absolute Gasteiger partial charge is 0.307 e. The van der Waals surface area contributed by atoms with Gasteiger partial charge in [0.05, 0.1) is 18.5 Å². The number of carboxylic acid groups (broad SMARTS) is 1. The van der Waals surface area contributed by atoms with Crippen molar-refractivity contribution in [2.45, 2.75) is 26.2 Å². The van der Waals surface area contributed by atoms with E-state index in [1.54, 1.807) is 24.3 Å². The highest BCUT2D eigenvalue weighted by molar-refractivity contribution is 6.30. The van der Waals surface area contributed by atoms with E-state index in [0.29, 0.717) is 35.8 Å². The highest BCUT2D eigenvalue weighted by Gasteiger charge is 2.83. The van der Waals surface area contributed by atoms with Gasteiger partial charge in [0.2, 0.25) is 0 Å². The molecule has 0 heterocycles. The molecule has 6 nitrogen and oxygen atoms in total. The Kier molecular flexibility index (Phi) is 5.74. The average molecular weight is 453 g/mol. The molecule has 2 aliphatic carbocycles. The van der Waals surface area contributed by atoms with Crippen LogP contribution in [0.3, 0.4) is 0 Å². The van der Waals surface area contributed by atoms with Gasteiger partial charge in [0.25, 0.3) is 0 Å². The lowest BCUT2D eigenvalue weighted by molar-refractivity contribution is -0.142. The number of halogens is 1. The molecule has 0 bridgehead atoms. The first kappa shape index (κ1) is 22.3. The molecule has 32 heavy (non-hydrogen) atoms. The van der Waals surface area contributed by atoms with Gasteiger partial charge in [-0.05, 0) is 73.1 Å². The van der Waals surface area contributed by atoms with Gasteiger partial charge in [-0.25, -0.2) is 0 Å². The van der Waals surface area contributed by atoms with Crippen molar-refractivity contribution < 1.29 is 19.4 Å². The molecule has 2 aromatic carbocycles. The number of nitrogens with two attached hydrogens (primary N) is 1. The predicted molar refractivity (Wildman–Crippen MR) is 119 cm³/mol. The molecular weight excluding hydrogens is 428 g/mol. The molecule has 5 unspecified atom stereocenters. The summed E-state index contributed by atoms with van der Waals surface area (Å²) in [6, 6.07) is 16.8. The second-order valence-corrected chi connectivity index (χ2v) is 9.14. The predicted octanol–water partition coefficient (Wildman–Crippen LogP) is 4.46. The molecule has 3 N–H and O–H groups in total. The standard InChI is InChI=1S/C25H25ClN2O4/c1-2-24-20(22(24)23(30)31)12-16(25(24,14-28)21(29)13-27)10-15-4-3-5-19(11-15)32-18-8-6-17(26)7-9-18/h3-9,11,16,20,22H,2,10,12-13,27H2,1H3,(H,30,31). The Bertz CT molecular complexity index is 1100. The maximum atomic E-state index is 13.1. The number of aliphatic carboxylic acids is 1. The van der Waals surface area contributed by atoms with Crippen molar-refractivity contribution >= 4 is 23.4 Å². The molecular formula is C25H25ClN2O4. The summed E-state index contributed by atoms with van der Waals surface area (Å²) in [5, 5.41) is 20.6. The van der Waals surface area contributed by atoms with Crippen LogP contribution in [-0.4, -0.2) is 23.4 Å². The van der Waals surface area contributed by atoms with Gasteiger partial charge >= 0.3 is 5.97 Å². The Morgan fingerprint density at radius 1 is 1.25 bits per heavy atom. The van der Waals surface area contributed by atoms with Crippen LogP contribution in [0, 0.1) is 39.9 Å². The van der Waals surface area contributed by atoms with Crippen LogP contribution in [0.25, 0.3) is 0 Å². The third-order valence-electron chi connectivity index (χ3n) is 7.48. The van der Waals surface area contributed by atoms with Crippen molar-refractivity contribution in [3.8, 4) is 17.6 Å². The third-order valence-corrected chi connectivity index (χ3v) is 7.73. The number of carbonyl (C=O) groups is 2. The number of nitriles is 1. The first-order chi connectivity index (χ1) is 15.3. The Hall–Kier alpha value is -2.88. The van der Waals surface area contributed by atoms with Crippen LogP contribution in [0.2, 0.25) is 5.02 Å². The second kappa shape index (κ2) is 8.23. The van der Waals surface area contributed by atoms with E-state index < -0.39 is 22.7 Å². The van der Waals surface area contributed by atoms with Gasteiger partial charge in [0, 0.05) is 10.4 Å². The second-order valence-electron chi connectivity index (χ2n) is 8.70. The number of fused-ring (bicyclic) bond motifs is 1. The molecule has 0 aliphatic heterocycles. The van der Waals surface area contributed by atoms with Crippen molar-refractivity contribution in [1.82, 2.24) is 0 Å². The average Bonchev–Trinajstić information content (AvgIpc) is 3.36. The first-order valence-corrected chi connectivity index (χ1v) is 11.1. The molecule has 0 radical (unpaired) electrons. The number of hydrogen-bond donors (Lipinski definition) is 2. The summed E-state index contributed by atoms with van der Waals surface area (Å²) in [7, 11) is 0. The van der Waals surface area contributed by atoms with Crippen LogP contribution < -0.4 is 10.5 Å². The first-order valence-electron chi connectivity index (χ1n) is 10.7. The Balaban J connectivity index is 1.63. The van der Waals surface area contributed by atoms with Crippen LogP contribution in [0.5, 0.6) is 11.5 Å². The van der Waals surface area contributed by atoms with E-state index in [1.165, 1.54) is 0 Å². The van der Waals surface area contributed by atoms with Crippen molar-refractivity contribution in [2.24, 2.45) is 34.3 Å². The number of Topliss-reactive ketones (excluding diaryl/α,β-unsaturated/α-hetero) is 1. The molecule has 0 saturated heterocycles. The Morgan fingerprint density at radius 2 is 1.97 bits per heavy atom. The fourth-order valence-corrected chi connectivity index (χ4v) is 6.35. The zero-order valence-electron chi connectivity index (χ0n) is 17.8. The Morgan fingerprint density at radius 3 is 2.56 bits per heavy atom. The lowest BCUT2D eigenvalue weighted by Crippen LogP contribution is -2.48. The normalized spacial score (nSPS) is 30.2. The lowest BCUT2D eigenvalue weighted by atomic mass is 9.61. The summed E-state index contributed by atoms with van der Waals surface area (Å²) < 4.78 is 5.92. The van der Waals surface area contributed by atoms with Gasteiger partial charge in [0.15, 0.2) is 5.78 Å². The summed E-state index contributed by atoms with van der Waals surface area (Å²) in [4.78, 5) is 25.0. The van der Waals surface area contributed by atoms with E-state index >= 15 is 0 Å². The van der Waals surface area contributed by atoms with E-state index in [9.17, 15) is 20.0 Å². The maximum absolute atomic E-state index is 13.1. The zero-order valence-corrected chi connectivity index (χ0v) is 18.5. The quantitative estimate of drug-likeness (QED) is 0.611. The fourth-order valence-electron chi connectivity index (χ4n) is 6.22. The minimum absolute atomic E-state index is 0.182. The molecule has 0 aromatic heterocycles. The number of carboxylic acids is 1. The largest absolute Gasteiger partial charge is 0.481 e. The molecule has 7 heteroatoms. The number of hydrogen-bond acceptors (Lipinski definition) is 5. The van der Waals surface area contributed by atoms with Crippen LogP contribution in [0.15, 0.2) is 48.5 Å². The van der Waals surface area contributed by atoms with Crippen LogP contribution in [0.1, 0.15) is 25.3 Å². The van der Waals surface area contributed by atoms with Gasteiger partial charge in [0.1, 0.15) is 16.9 Å². The van der Waals surface area contributed by atoms with E-state index in [4.69, 9.17) is 22.1 Å². The van der Waals surface area contributed by atoms with Gasteiger partial charge in [-0.1, -0.05) is 30.7 Å². The lowest BCUT2D eigenvalue weighted by Gasteiger charge is -2.37. The Labute approximate surface area is 191 Å². The van der Waals surface area contributed by atoms with Gasteiger partial charge in [-0.15, -0.1) is 0 Å². The van der Waals surface area contributed by atoms with E-state index in [1.807, 2.05) is 31.2 Å². The zero-order chi connectivity index (χ0) is 23.1. The number of benzene rings is 2. The minimum Gasteiger partial charge on any atom is -0.481 e. The van der Waals surface area contributed by atoms with Crippen molar-refractivity contribution in [1.29, 1.82) is 5.26 Å². The van der Waals surface area contributed by atoms with Crippen LogP contribution in [-0.2, 0) is 16.0 Å². The van der Waals surface area contributed by atoms with Gasteiger partial charge < -0.3 is 15.6 Å². The fraction of sp³-hybridized carbons (Fsp3) is 0.400. The molecule has 5 atom stereocenters. The highest BCUT2D eigenvalue weighted by atomic mass is 35.5. The molecule has 166 valence electrons. The summed E-state index contributed by atoms with van der Waals surface area (Å²) >= 11 is 5.93. The number of rotatable bonds is 8. The SMILES string of the molecule is CCC12C(CC(Cc3cccc(Oc4ccc(Cl)cc4)c3)C1(C#N)C(=O)CN)C2C(=O)O. The molecule has 2 aromatic rings. The molecule has 4 rings (SSSR count). The van der Waals surface area contributed by atoms with E-state index in [-0.39, 0.29) is 24.2 Å². The van der Waals surface area contributed by atoms with Crippen LogP contribution in [0.4, 0.5) is 0 Å². The third kappa shape index (κ3) is 3.19. The summed E-state index contributed by atoms with van der Waals surface area (Å²) in [6.07, 6.45) is 1.46. The summed E-state index contributed by atoms with van der Waals surface area (Å²) in [6.45, 7) is 1.60. The van der Waals surface area contributed by atoms with E-state index in [0.717, 1.165) is 5.56 Å². The monoisotopic (exact) mass is 452 g/mol. The van der Waals surface area contributed by atoms with Crippen molar-refractivity contribution in [3.63, 3.8) is 0 Å². The van der Waals surface area contributed by atoms with Crippen molar-refractivity contribution in [2.75, 3.05) is 6.54 Å². The van der Waals surface area contributed by atoms with Gasteiger partial charge in [-0.2, -0.15) is 5.26 Å². The number of ketones is 1. The molecule has 2 aliphatic rings. The topological polar surface area (TPSA) is 113 Å². The molecule has 0 amide bonds. The van der Waals surface area contributed by atoms with E-state index in [2.05, 4.69) is 6.07 Å². The summed E-state index contributed by atoms with van der Waals surface area (Å²) in [5.41, 5.74) is 4.42. The summed E-state index contributed by atoms with van der Waals surface area (Å²) in [5.74, 6) is -1.15. The number of carbonyl (C=O) groups excluding carboxylic acids is 1. The van der Waals surface area contributed by atoms with Crippen molar-refractivity contribution in [3.05, 3.63) is 59.1 Å². The molecule has 0 spiro atoms. The highest BCUT2D eigenvalue weighted by Crippen LogP contribution is 2.79.